The van der Waals surface area contributed by atoms with Gasteiger partial charge in [-0.15, -0.1) is 0 Å². The van der Waals surface area contributed by atoms with Crippen LogP contribution in [0.15, 0.2) is 79.3 Å². The molecule has 0 unspecified atom stereocenters. The van der Waals surface area contributed by atoms with E-state index in [1.165, 1.54) is 32.8 Å². The molecule has 2 aliphatic rings. The molecule has 2 aromatic carbocycles. The van der Waals surface area contributed by atoms with Gasteiger partial charge in [-0.25, -0.2) is 4.98 Å². The molecule has 6 rings (SSSR count). The minimum Gasteiger partial charge on any atom is -0.481 e. The number of fused-ring (bicyclic) bond motifs is 1. The van der Waals surface area contributed by atoms with Crippen LogP contribution in [-0.4, -0.2) is 112 Å². The highest BCUT2D eigenvalue weighted by molar-refractivity contribution is 5.92. The summed E-state index contributed by atoms with van der Waals surface area (Å²) in [7, 11) is 2.70. The van der Waals surface area contributed by atoms with Crippen LogP contribution < -0.4 is 14.2 Å². The number of carbonyl (C=O) groups is 1. The Morgan fingerprint density at radius 3 is 2.19 bits per heavy atom. The number of amides is 1. The molecule has 4 aromatic rings. The third-order valence-corrected chi connectivity index (χ3v) is 8.68. The first-order chi connectivity index (χ1) is 23.2. The summed E-state index contributed by atoms with van der Waals surface area (Å²) in [6, 6.07) is 20.1. The van der Waals surface area contributed by atoms with Gasteiger partial charge in [0.1, 0.15) is 5.69 Å². The molecule has 0 bridgehead atoms. The molecule has 2 aliphatic heterocycles. The van der Waals surface area contributed by atoms with Gasteiger partial charge in [0.2, 0.25) is 11.8 Å². The van der Waals surface area contributed by atoms with Crippen molar-refractivity contribution in [3.8, 4) is 17.8 Å². The lowest BCUT2D eigenvalue weighted by Crippen LogP contribution is -2.67. The maximum Gasteiger partial charge on any atom is 0.422 e. The molecule has 0 saturated carbocycles. The van der Waals surface area contributed by atoms with E-state index in [1.54, 1.807) is 4.90 Å². The number of hydrogen-bond donors (Lipinski definition) is 0. The number of ether oxygens (including phenoxy) is 3. The third-order valence-electron chi connectivity index (χ3n) is 8.68. The summed E-state index contributed by atoms with van der Waals surface area (Å²) in [6.45, 7) is 1.21. The summed E-state index contributed by atoms with van der Waals surface area (Å²) >= 11 is 0. The Balaban J connectivity index is 1.38. The number of halogens is 3. The van der Waals surface area contributed by atoms with Gasteiger partial charge in [-0.3, -0.25) is 19.6 Å². The fourth-order valence-electron chi connectivity index (χ4n) is 6.66. The summed E-state index contributed by atoms with van der Waals surface area (Å²) in [4.78, 5) is 36.6. The zero-order chi connectivity index (χ0) is 33.7. The van der Waals surface area contributed by atoms with Crippen molar-refractivity contribution < 1.29 is 32.2 Å². The Morgan fingerprint density at radius 1 is 0.896 bits per heavy atom. The number of benzene rings is 2. The lowest BCUT2D eigenvalue weighted by atomic mass is 9.81. The number of aromatic nitrogens is 4. The molecular formula is C34H36F3N7O4. The topological polar surface area (TPSA) is 106 Å². The van der Waals surface area contributed by atoms with E-state index in [2.05, 4.69) is 54.0 Å². The second-order valence-corrected chi connectivity index (χ2v) is 11.7. The number of methoxy groups -OCH3 is 2. The first-order valence-electron chi connectivity index (χ1n) is 15.6. The van der Waals surface area contributed by atoms with E-state index >= 15 is 0 Å². The Kier molecular flexibility index (Phi) is 10.0. The average molecular weight is 664 g/mol. The number of rotatable bonds is 10. The first kappa shape index (κ1) is 33.1. The van der Waals surface area contributed by atoms with Crippen molar-refractivity contribution in [1.29, 1.82) is 0 Å². The van der Waals surface area contributed by atoms with Gasteiger partial charge in [0.25, 0.3) is 5.91 Å². The molecule has 0 aliphatic carbocycles. The molecule has 0 N–H and O–H groups in total. The van der Waals surface area contributed by atoms with E-state index < -0.39 is 12.8 Å². The van der Waals surface area contributed by atoms with Crippen LogP contribution >= 0.6 is 0 Å². The number of piperazine rings is 2. The molecular weight excluding hydrogens is 627 g/mol. The molecule has 2 fully saturated rings. The fraction of sp³-hybridized carbons (Fsp3) is 0.382. The van der Waals surface area contributed by atoms with Crippen LogP contribution in [0.3, 0.4) is 0 Å². The molecule has 252 valence electrons. The largest absolute Gasteiger partial charge is 0.481 e. The lowest BCUT2D eigenvalue weighted by molar-refractivity contribution is -0.154. The van der Waals surface area contributed by atoms with Crippen LogP contribution in [-0.2, 0) is 6.54 Å². The number of carbonyl (C=O) groups excluding carboxylic acids is 1. The second kappa shape index (κ2) is 14.5. The zero-order valence-corrected chi connectivity index (χ0v) is 26.6. The zero-order valence-electron chi connectivity index (χ0n) is 26.6. The number of nitrogens with zero attached hydrogens (tertiary/aromatic N) is 7. The van der Waals surface area contributed by atoms with Crippen LogP contribution in [0, 0.1) is 0 Å². The van der Waals surface area contributed by atoms with Crippen molar-refractivity contribution in [1.82, 2.24) is 34.6 Å². The molecule has 0 spiro atoms. The minimum absolute atomic E-state index is 0.0464. The maximum atomic E-state index is 13.5. The van der Waals surface area contributed by atoms with Gasteiger partial charge in [-0.2, -0.15) is 23.1 Å². The molecule has 14 heteroatoms. The van der Waals surface area contributed by atoms with E-state index in [0.717, 1.165) is 11.1 Å². The van der Waals surface area contributed by atoms with Crippen LogP contribution in [0.2, 0.25) is 0 Å². The van der Waals surface area contributed by atoms with Crippen molar-refractivity contribution >= 4 is 5.91 Å². The quantitative estimate of drug-likeness (QED) is 0.247. The van der Waals surface area contributed by atoms with Crippen molar-refractivity contribution in [3.63, 3.8) is 0 Å². The van der Waals surface area contributed by atoms with Crippen LogP contribution in [0.4, 0.5) is 13.2 Å². The van der Waals surface area contributed by atoms with Gasteiger partial charge in [0.15, 0.2) is 6.61 Å². The summed E-state index contributed by atoms with van der Waals surface area (Å²) in [5, 5.41) is 0. The minimum atomic E-state index is -4.58. The molecule has 0 radical (unpaired) electrons. The molecule has 1 amide bonds. The molecule has 11 nitrogen and oxygen atoms in total. The molecule has 2 aromatic heterocycles. The van der Waals surface area contributed by atoms with Crippen molar-refractivity contribution in [2.45, 2.75) is 30.7 Å². The van der Waals surface area contributed by atoms with E-state index in [4.69, 9.17) is 14.2 Å². The van der Waals surface area contributed by atoms with Crippen LogP contribution in [0.1, 0.15) is 33.1 Å². The monoisotopic (exact) mass is 663 g/mol. The molecule has 4 heterocycles. The lowest BCUT2D eigenvalue weighted by Gasteiger charge is -2.53. The summed E-state index contributed by atoms with van der Waals surface area (Å²) in [5.74, 6) is -0.452. The Hall–Kier alpha value is -4.82. The highest BCUT2D eigenvalue weighted by Gasteiger charge is 2.44. The SMILES string of the molecule is COc1nc(OC)c(CN2C[C@@H]3CN(C(=O)c4cnccn4)CCN3[C@H](C(c3ccccc3)c3ccccc3)C2)c(OCC(F)(F)F)n1. The normalized spacial score (nSPS) is 18.8. The Labute approximate surface area is 276 Å². The van der Waals surface area contributed by atoms with Gasteiger partial charge < -0.3 is 19.1 Å². The molecule has 48 heavy (non-hydrogen) atoms. The van der Waals surface area contributed by atoms with E-state index in [-0.39, 0.29) is 59.5 Å². The predicted molar refractivity (Wildman–Crippen MR) is 169 cm³/mol. The highest BCUT2D eigenvalue weighted by Crippen LogP contribution is 2.38. The maximum absolute atomic E-state index is 13.5. The van der Waals surface area contributed by atoms with E-state index in [1.807, 2.05) is 36.4 Å². The summed E-state index contributed by atoms with van der Waals surface area (Å²) in [6.07, 6.45) is -0.104. The average Bonchev–Trinajstić information content (AvgIpc) is 3.11. The summed E-state index contributed by atoms with van der Waals surface area (Å²) in [5.41, 5.74) is 2.81. The van der Waals surface area contributed by atoms with Gasteiger partial charge >= 0.3 is 12.2 Å². The number of hydrogen-bond acceptors (Lipinski definition) is 10. The van der Waals surface area contributed by atoms with Crippen molar-refractivity contribution in [3.05, 3.63) is 102 Å². The van der Waals surface area contributed by atoms with Gasteiger partial charge in [0.05, 0.1) is 26.0 Å². The Bertz CT molecular complexity index is 1630. The van der Waals surface area contributed by atoms with Crippen molar-refractivity contribution in [2.75, 3.05) is 53.6 Å². The third kappa shape index (κ3) is 7.50. The van der Waals surface area contributed by atoms with E-state index in [0.29, 0.717) is 32.7 Å². The van der Waals surface area contributed by atoms with Crippen LogP contribution in [0.5, 0.6) is 17.8 Å². The van der Waals surface area contributed by atoms with Gasteiger partial charge in [-0.1, -0.05) is 60.7 Å². The summed E-state index contributed by atoms with van der Waals surface area (Å²) < 4.78 is 55.7. The fourth-order valence-corrected chi connectivity index (χ4v) is 6.66. The standard InChI is InChI=1S/C34H36F3N7O4/c1-46-30-26(31(41-33(40-30)47-2)48-22-34(35,36)37)20-42-18-25-19-43(32(45)27-17-38-13-14-39-27)15-16-44(25)28(21-42)29(23-9-5-3-6-10-23)24-11-7-4-8-12-24/h3-14,17,25,28-29H,15-16,18-22H2,1-2H3/t25-,28+/m1/s1. The van der Waals surface area contributed by atoms with Gasteiger partial charge in [-0.05, 0) is 11.1 Å². The Morgan fingerprint density at radius 2 is 1.58 bits per heavy atom. The molecule has 2 atom stereocenters. The van der Waals surface area contributed by atoms with E-state index in [9.17, 15) is 18.0 Å². The van der Waals surface area contributed by atoms with Gasteiger partial charge in [0, 0.05) is 69.7 Å². The second-order valence-electron chi connectivity index (χ2n) is 11.7. The first-order valence-corrected chi connectivity index (χ1v) is 15.6. The number of alkyl halides is 3. The smallest absolute Gasteiger partial charge is 0.422 e. The molecule has 2 saturated heterocycles. The predicted octanol–water partition coefficient (Wildman–Crippen LogP) is 4.07. The van der Waals surface area contributed by atoms with Crippen LogP contribution in [0.25, 0.3) is 0 Å². The van der Waals surface area contributed by atoms with Crippen molar-refractivity contribution in [2.24, 2.45) is 0 Å². The highest BCUT2D eigenvalue weighted by atomic mass is 19.4.